The van der Waals surface area contributed by atoms with E-state index < -0.39 is 69.8 Å². The molecule has 3 aromatic rings. The van der Waals surface area contributed by atoms with Gasteiger partial charge >= 0.3 is 17.1 Å². The molecule has 3 rings (SSSR count). The first-order chi connectivity index (χ1) is 14.0. The highest BCUT2D eigenvalue weighted by molar-refractivity contribution is 5.89. The van der Waals surface area contributed by atoms with Gasteiger partial charge in [-0.2, -0.15) is 4.68 Å². The van der Waals surface area contributed by atoms with Gasteiger partial charge in [0.2, 0.25) is 5.69 Å². The van der Waals surface area contributed by atoms with E-state index in [9.17, 15) is 50.6 Å². The molecule has 18 nitrogen and oxygen atoms in total. The zero-order valence-electron chi connectivity index (χ0n) is 14.0. The summed E-state index contributed by atoms with van der Waals surface area (Å²) in [5, 5.41) is 63.0. The quantitative estimate of drug-likeness (QED) is 0.410. The van der Waals surface area contributed by atoms with Crippen LogP contribution in [0.5, 0.6) is 0 Å². The van der Waals surface area contributed by atoms with Crippen LogP contribution in [0.15, 0.2) is 24.3 Å². The monoisotopic (exact) mass is 420 g/mol. The minimum atomic E-state index is -1.17. The molecule has 0 aliphatic carbocycles. The molecule has 0 unspecified atom stereocenters. The molecule has 0 radical (unpaired) electrons. The largest absolute Gasteiger partial charge is 0.308 e. The SMILES string of the molecule is O=[N+]([O-])c1cc([N+](=O)[O-])c(-n2nnc3c([N+](=O)[O-])cc([N+](=O)[O-])cc32)c([N+](=O)[O-])c1. The van der Waals surface area contributed by atoms with Crippen LogP contribution < -0.4 is 0 Å². The van der Waals surface area contributed by atoms with Crippen molar-refractivity contribution in [3.63, 3.8) is 0 Å². The summed E-state index contributed by atoms with van der Waals surface area (Å²) in [6, 6.07) is 2.13. The van der Waals surface area contributed by atoms with Crippen molar-refractivity contribution in [2.24, 2.45) is 0 Å². The fourth-order valence-corrected chi connectivity index (χ4v) is 2.59. The molecule has 1 aromatic heterocycles. The van der Waals surface area contributed by atoms with Crippen LogP contribution in [-0.2, 0) is 0 Å². The lowest BCUT2D eigenvalue weighted by Gasteiger charge is -2.05. The maximum atomic E-state index is 11.4. The van der Waals surface area contributed by atoms with Crippen molar-refractivity contribution in [2.75, 3.05) is 0 Å². The smallest absolute Gasteiger partial charge is 0.258 e. The summed E-state index contributed by atoms with van der Waals surface area (Å²) < 4.78 is 0.412. The lowest BCUT2D eigenvalue weighted by Crippen LogP contribution is -2.07. The number of benzene rings is 2. The fourth-order valence-electron chi connectivity index (χ4n) is 2.59. The third kappa shape index (κ3) is 3.04. The predicted molar refractivity (Wildman–Crippen MR) is 92.1 cm³/mol. The molecule has 0 aliphatic rings. The number of nitro benzene ring substituents is 5. The zero-order valence-corrected chi connectivity index (χ0v) is 14.0. The summed E-state index contributed by atoms with van der Waals surface area (Å²) in [6.07, 6.45) is 0. The summed E-state index contributed by atoms with van der Waals surface area (Å²) >= 11 is 0. The second-order valence-corrected chi connectivity index (χ2v) is 5.45. The minimum Gasteiger partial charge on any atom is -0.258 e. The van der Waals surface area contributed by atoms with Gasteiger partial charge in [-0.25, -0.2) is 0 Å². The Hall–Kier alpha value is -5.16. The Kier molecular flexibility index (Phi) is 4.43. The second-order valence-electron chi connectivity index (χ2n) is 5.45. The Labute approximate surface area is 160 Å². The molecule has 0 N–H and O–H groups in total. The van der Waals surface area contributed by atoms with Crippen LogP contribution in [0, 0.1) is 50.6 Å². The number of aromatic nitrogens is 3. The van der Waals surface area contributed by atoms with Gasteiger partial charge in [-0.15, -0.1) is 5.10 Å². The van der Waals surface area contributed by atoms with Gasteiger partial charge in [0.15, 0.2) is 5.52 Å². The minimum absolute atomic E-state index is 0.412. The number of fused-ring (bicyclic) bond motifs is 1. The Balaban J connectivity index is 2.50. The molecule has 18 heteroatoms. The van der Waals surface area contributed by atoms with Crippen LogP contribution in [0.25, 0.3) is 16.7 Å². The number of nitro groups is 5. The van der Waals surface area contributed by atoms with E-state index in [1.807, 2.05) is 0 Å². The molecule has 1 heterocycles. The summed E-state index contributed by atoms with van der Waals surface area (Å²) in [4.78, 5) is 50.7. The van der Waals surface area contributed by atoms with Crippen molar-refractivity contribution in [3.8, 4) is 5.69 Å². The van der Waals surface area contributed by atoms with Crippen LogP contribution in [0.2, 0.25) is 0 Å². The lowest BCUT2D eigenvalue weighted by molar-refractivity contribution is -0.402. The van der Waals surface area contributed by atoms with Crippen molar-refractivity contribution in [3.05, 3.63) is 74.8 Å². The van der Waals surface area contributed by atoms with Gasteiger partial charge in [-0.05, 0) is 0 Å². The van der Waals surface area contributed by atoms with Crippen LogP contribution in [-0.4, -0.2) is 39.6 Å². The van der Waals surface area contributed by atoms with Gasteiger partial charge in [-0.3, -0.25) is 50.6 Å². The molecule has 0 spiro atoms. The molecule has 0 bridgehead atoms. The number of rotatable bonds is 6. The average Bonchev–Trinajstić information content (AvgIpc) is 3.09. The maximum Gasteiger partial charge on any atom is 0.308 e. The molecule has 0 amide bonds. The Morgan fingerprint density at radius 3 is 1.50 bits per heavy atom. The van der Waals surface area contributed by atoms with E-state index in [1.54, 1.807) is 0 Å². The highest BCUT2D eigenvalue weighted by Crippen LogP contribution is 2.39. The first-order valence-electron chi connectivity index (χ1n) is 7.32. The highest BCUT2D eigenvalue weighted by atomic mass is 16.6. The summed E-state index contributed by atoms with van der Waals surface area (Å²) in [5.41, 5.74) is -6.95. The van der Waals surface area contributed by atoms with Crippen LogP contribution >= 0.6 is 0 Å². The van der Waals surface area contributed by atoms with Crippen LogP contribution in [0.1, 0.15) is 0 Å². The van der Waals surface area contributed by atoms with Crippen molar-refractivity contribution in [1.82, 2.24) is 15.0 Å². The number of hydrogen-bond donors (Lipinski definition) is 0. The molecule has 0 saturated heterocycles. The van der Waals surface area contributed by atoms with Crippen molar-refractivity contribution < 1.29 is 24.6 Å². The summed E-state index contributed by atoms with van der Waals surface area (Å²) in [6.45, 7) is 0. The van der Waals surface area contributed by atoms with Crippen molar-refractivity contribution in [1.29, 1.82) is 0 Å². The third-order valence-electron chi connectivity index (χ3n) is 3.79. The normalized spacial score (nSPS) is 10.7. The van der Waals surface area contributed by atoms with E-state index >= 15 is 0 Å². The lowest BCUT2D eigenvalue weighted by atomic mass is 10.2. The van der Waals surface area contributed by atoms with E-state index in [2.05, 4.69) is 10.3 Å². The fraction of sp³-hybridized carbons (Fsp3) is 0. The zero-order chi connectivity index (χ0) is 22.3. The molecule has 2 aromatic carbocycles. The van der Waals surface area contributed by atoms with E-state index in [4.69, 9.17) is 0 Å². The maximum absolute atomic E-state index is 11.4. The first-order valence-corrected chi connectivity index (χ1v) is 7.32. The molecule has 0 fully saturated rings. The van der Waals surface area contributed by atoms with Gasteiger partial charge in [0.1, 0.15) is 5.52 Å². The van der Waals surface area contributed by atoms with Crippen molar-refractivity contribution in [2.45, 2.75) is 0 Å². The van der Waals surface area contributed by atoms with Crippen LogP contribution in [0.4, 0.5) is 28.4 Å². The molecular formula is C12H4N8O10. The van der Waals surface area contributed by atoms with Gasteiger partial charge in [0.25, 0.3) is 11.4 Å². The number of non-ortho nitro benzene ring substituents is 3. The average molecular weight is 420 g/mol. The van der Waals surface area contributed by atoms with Gasteiger partial charge in [-0.1, -0.05) is 5.21 Å². The van der Waals surface area contributed by atoms with E-state index in [1.165, 1.54) is 0 Å². The van der Waals surface area contributed by atoms with Crippen molar-refractivity contribution >= 4 is 39.5 Å². The van der Waals surface area contributed by atoms with Gasteiger partial charge < -0.3 is 0 Å². The van der Waals surface area contributed by atoms with Gasteiger partial charge in [0.05, 0.1) is 42.8 Å². The summed E-state index contributed by atoms with van der Waals surface area (Å²) in [7, 11) is 0. The molecule has 152 valence electrons. The number of nitrogens with zero attached hydrogens (tertiary/aromatic N) is 8. The third-order valence-corrected chi connectivity index (χ3v) is 3.79. The van der Waals surface area contributed by atoms with Crippen LogP contribution in [0.3, 0.4) is 0 Å². The molecule has 0 aliphatic heterocycles. The molecular weight excluding hydrogens is 416 g/mol. The predicted octanol–water partition coefficient (Wildman–Crippen LogP) is 1.96. The van der Waals surface area contributed by atoms with E-state index in [0.29, 0.717) is 22.9 Å². The molecule has 30 heavy (non-hydrogen) atoms. The molecule has 0 atom stereocenters. The second kappa shape index (κ2) is 6.78. The Bertz CT molecular complexity index is 1260. The standard InChI is InChI=1S/C12H4N8O10/c21-16(22)5-1-7-11(8(2-5)18(25)26)13-14-15(7)12-9(19(27)28)3-6(17(23)24)4-10(12)20(29)30/h1-4H. The number of hydrogen-bond acceptors (Lipinski definition) is 12. The van der Waals surface area contributed by atoms with Gasteiger partial charge in [0, 0.05) is 6.07 Å². The Morgan fingerprint density at radius 1 is 0.633 bits per heavy atom. The Morgan fingerprint density at radius 2 is 1.07 bits per heavy atom. The highest BCUT2D eigenvalue weighted by Gasteiger charge is 2.35. The summed E-state index contributed by atoms with van der Waals surface area (Å²) in [5.74, 6) is 0. The topological polar surface area (TPSA) is 246 Å². The van der Waals surface area contributed by atoms with E-state index in [0.717, 1.165) is 6.07 Å². The van der Waals surface area contributed by atoms with E-state index in [-0.39, 0.29) is 0 Å². The first kappa shape index (κ1) is 19.6. The molecule has 0 saturated carbocycles.